The third-order valence-electron chi connectivity index (χ3n) is 3.09. The number of aromatic nitrogens is 1. The van der Waals surface area contributed by atoms with E-state index in [-0.39, 0.29) is 11.1 Å². The quantitative estimate of drug-likeness (QED) is 0.734. The molecule has 0 fully saturated rings. The van der Waals surface area contributed by atoms with Crippen LogP contribution in [0.1, 0.15) is 27.6 Å². The van der Waals surface area contributed by atoms with Gasteiger partial charge in [-0.1, -0.05) is 0 Å². The van der Waals surface area contributed by atoms with Crippen LogP contribution in [0.4, 0.5) is 13.2 Å². The van der Waals surface area contributed by atoms with Crippen molar-refractivity contribution in [1.82, 2.24) is 4.98 Å². The molecule has 1 aromatic heterocycles. The van der Waals surface area contributed by atoms with Gasteiger partial charge in [-0.05, 0) is 24.6 Å². The smallest absolute Gasteiger partial charge is 0.429 e. The van der Waals surface area contributed by atoms with Crippen LogP contribution in [-0.2, 0) is 4.74 Å². The van der Waals surface area contributed by atoms with Crippen LogP contribution in [0, 0.1) is 6.92 Å². The van der Waals surface area contributed by atoms with Crippen molar-refractivity contribution in [3.05, 3.63) is 35.0 Å². The van der Waals surface area contributed by atoms with Crippen LogP contribution < -0.4 is 0 Å². The lowest BCUT2D eigenvalue weighted by Crippen LogP contribution is -2.20. The van der Waals surface area contributed by atoms with Crippen molar-refractivity contribution >= 4 is 16.9 Å². The molecule has 0 bridgehead atoms. The summed E-state index contributed by atoms with van der Waals surface area (Å²) in [5.74, 6) is -0.918. The Balaban J connectivity index is 2.36. The number of cyclic esters (lactones) is 1. The fraction of sp³-hybridized carbons (Fsp3) is 0.250. The molecule has 18 heavy (non-hydrogen) atoms. The number of carbonyl (C=O) groups excluding carboxylic acids is 1. The standard InChI is InChI=1S/C12H8F3NO2/c1-5-4-7-8(6-2-3-16-9(5)6)10(12(13,14)15)18-11(7)17/h2-4,10,16H,1H3. The van der Waals surface area contributed by atoms with E-state index in [1.165, 1.54) is 12.1 Å². The highest BCUT2D eigenvalue weighted by Gasteiger charge is 2.50. The van der Waals surface area contributed by atoms with Gasteiger partial charge in [-0.15, -0.1) is 0 Å². The number of aryl methyl sites for hydroxylation is 1. The number of H-pyrrole nitrogens is 1. The van der Waals surface area contributed by atoms with Crippen molar-refractivity contribution in [3.8, 4) is 0 Å². The Labute approximate surface area is 99.5 Å². The molecule has 3 nitrogen and oxygen atoms in total. The Morgan fingerprint density at radius 3 is 2.78 bits per heavy atom. The molecular weight excluding hydrogens is 247 g/mol. The van der Waals surface area contributed by atoms with Crippen LogP contribution in [-0.4, -0.2) is 17.1 Å². The zero-order valence-electron chi connectivity index (χ0n) is 9.26. The largest absolute Gasteiger partial charge is 0.444 e. The Morgan fingerprint density at radius 1 is 1.39 bits per heavy atom. The Bertz CT molecular complexity index is 657. The number of alkyl halides is 3. The average Bonchev–Trinajstić information content (AvgIpc) is 2.83. The number of halogens is 3. The van der Waals surface area contributed by atoms with Gasteiger partial charge in [0.25, 0.3) is 0 Å². The summed E-state index contributed by atoms with van der Waals surface area (Å²) in [7, 11) is 0. The summed E-state index contributed by atoms with van der Waals surface area (Å²) in [5, 5.41) is 0.387. The van der Waals surface area contributed by atoms with E-state index in [9.17, 15) is 18.0 Å². The molecule has 0 saturated heterocycles. The highest BCUT2D eigenvalue weighted by molar-refractivity contribution is 6.02. The Morgan fingerprint density at radius 2 is 2.11 bits per heavy atom. The minimum Gasteiger partial charge on any atom is -0.444 e. The Kier molecular flexibility index (Phi) is 2.03. The predicted molar refractivity (Wildman–Crippen MR) is 57.2 cm³/mol. The number of fused-ring (bicyclic) bond motifs is 3. The topological polar surface area (TPSA) is 42.1 Å². The lowest BCUT2D eigenvalue weighted by Gasteiger charge is -2.15. The third kappa shape index (κ3) is 1.35. The SMILES string of the molecule is Cc1cc2c(c3cc[nH]c13)C(C(F)(F)F)OC2=O. The van der Waals surface area contributed by atoms with Crippen LogP contribution >= 0.6 is 0 Å². The van der Waals surface area contributed by atoms with Gasteiger partial charge in [0.15, 0.2) is 0 Å². The van der Waals surface area contributed by atoms with Crippen LogP contribution in [0.15, 0.2) is 18.3 Å². The van der Waals surface area contributed by atoms with Crippen LogP contribution in [0.25, 0.3) is 10.9 Å². The van der Waals surface area contributed by atoms with Crippen molar-refractivity contribution in [2.24, 2.45) is 0 Å². The first kappa shape index (κ1) is 11.1. The van der Waals surface area contributed by atoms with Gasteiger partial charge in [-0.25, -0.2) is 4.79 Å². The molecule has 6 heteroatoms. The summed E-state index contributed by atoms with van der Waals surface area (Å²) >= 11 is 0. The molecule has 0 radical (unpaired) electrons. The van der Waals surface area contributed by atoms with Gasteiger partial charge in [-0.3, -0.25) is 0 Å². The second-order valence-electron chi connectivity index (χ2n) is 4.25. The maximum absolute atomic E-state index is 12.9. The molecule has 0 aliphatic carbocycles. The second-order valence-corrected chi connectivity index (χ2v) is 4.25. The molecule has 1 unspecified atom stereocenters. The summed E-state index contributed by atoms with van der Waals surface area (Å²) < 4.78 is 43.0. The summed E-state index contributed by atoms with van der Waals surface area (Å²) in [4.78, 5) is 14.4. The van der Waals surface area contributed by atoms with Gasteiger partial charge in [0.05, 0.1) is 5.56 Å². The summed E-state index contributed by atoms with van der Waals surface area (Å²) in [6, 6.07) is 2.96. The maximum atomic E-state index is 12.9. The van der Waals surface area contributed by atoms with Crippen molar-refractivity contribution < 1.29 is 22.7 Å². The number of hydrogen-bond acceptors (Lipinski definition) is 2. The molecule has 0 saturated carbocycles. The number of nitrogens with one attached hydrogen (secondary N) is 1. The van der Waals surface area contributed by atoms with Gasteiger partial charge >= 0.3 is 12.1 Å². The van der Waals surface area contributed by atoms with Crippen LogP contribution in [0.5, 0.6) is 0 Å². The molecule has 2 aromatic rings. The molecule has 1 aliphatic heterocycles. The van der Waals surface area contributed by atoms with Crippen molar-refractivity contribution in [2.45, 2.75) is 19.2 Å². The highest BCUT2D eigenvalue weighted by atomic mass is 19.4. The molecule has 3 rings (SSSR count). The monoisotopic (exact) mass is 255 g/mol. The zero-order chi connectivity index (χ0) is 13.1. The second kappa shape index (κ2) is 3.28. The highest BCUT2D eigenvalue weighted by Crippen LogP contribution is 2.45. The van der Waals surface area contributed by atoms with Gasteiger partial charge in [0.2, 0.25) is 6.10 Å². The number of ether oxygens (including phenoxy) is 1. The number of aromatic amines is 1. The van der Waals surface area contributed by atoms with Crippen molar-refractivity contribution in [2.75, 3.05) is 0 Å². The molecule has 1 aromatic carbocycles. The molecule has 0 amide bonds. The molecule has 1 atom stereocenters. The lowest BCUT2D eigenvalue weighted by atomic mass is 9.97. The van der Waals surface area contributed by atoms with Gasteiger partial charge < -0.3 is 9.72 Å². The number of esters is 1. The molecule has 94 valence electrons. The van der Waals surface area contributed by atoms with E-state index in [2.05, 4.69) is 9.72 Å². The predicted octanol–water partition coefficient (Wildman–Crippen LogP) is 3.25. The van der Waals surface area contributed by atoms with E-state index in [4.69, 9.17) is 0 Å². The van der Waals surface area contributed by atoms with Crippen LogP contribution in [0.2, 0.25) is 0 Å². The number of benzene rings is 1. The van der Waals surface area contributed by atoms with E-state index in [0.717, 1.165) is 0 Å². The zero-order valence-corrected chi connectivity index (χ0v) is 9.26. The molecule has 0 spiro atoms. The molecule has 2 heterocycles. The van der Waals surface area contributed by atoms with E-state index in [1.807, 2.05) is 0 Å². The fourth-order valence-electron chi connectivity index (χ4n) is 2.34. The average molecular weight is 255 g/mol. The molecule has 1 N–H and O–H groups in total. The van der Waals surface area contributed by atoms with Crippen LogP contribution in [0.3, 0.4) is 0 Å². The molecule has 1 aliphatic rings. The van der Waals surface area contributed by atoms with Gasteiger partial charge in [0, 0.05) is 22.7 Å². The summed E-state index contributed by atoms with van der Waals surface area (Å²) in [6.07, 6.45) is -5.21. The van der Waals surface area contributed by atoms with E-state index < -0.39 is 18.2 Å². The van der Waals surface area contributed by atoms with E-state index >= 15 is 0 Å². The maximum Gasteiger partial charge on any atom is 0.429 e. The van der Waals surface area contributed by atoms with Gasteiger partial charge in [-0.2, -0.15) is 13.2 Å². The Hall–Kier alpha value is -1.98. The first-order valence-corrected chi connectivity index (χ1v) is 5.28. The normalized spacial score (nSPS) is 19.1. The lowest BCUT2D eigenvalue weighted by molar-refractivity contribution is -0.203. The first-order chi connectivity index (χ1) is 8.39. The minimum absolute atomic E-state index is 0.00178. The fourth-order valence-corrected chi connectivity index (χ4v) is 2.34. The van der Waals surface area contributed by atoms with Crippen molar-refractivity contribution in [1.29, 1.82) is 0 Å². The third-order valence-corrected chi connectivity index (χ3v) is 3.09. The van der Waals surface area contributed by atoms with E-state index in [0.29, 0.717) is 16.5 Å². The number of rotatable bonds is 0. The summed E-state index contributed by atoms with van der Waals surface area (Å²) in [6.45, 7) is 1.73. The number of carbonyl (C=O) groups is 1. The van der Waals surface area contributed by atoms with E-state index in [1.54, 1.807) is 13.1 Å². The molecular formula is C12H8F3NO2. The minimum atomic E-state index is -4.60. The van der Waals surface area contributed by atoms with Gasteiger partial charge in [0.1, 0.15) is 0 Å². The first-order valence-electron chi connectivity index (χ1n) is 5.28. The summed E-state index contributed by atoms with van der Waals surface area (Å²) in [5.41, 5.74) is 1.23. The number of hydrogen-bond donors (Lipinski definition) is 1. The van der Waals surface area contributed by atoms with Crippen molar-refractivity contribution in [3.63, 3.8) is 0 Å².